The summed E-state index contributed by atoms with van der Waals surface area (Å²) >= 11 is 3.59. The molecule has 0 bridgehead atoms. The molecule has 0 aliphatic carbocycles. The van der Waals surface area contributed by atoms with Crippen molar-refractivity contribution in [2.45, 2.75) is 40.0 Å². The number of benzene rings is 1. The lowest BCUT2D eigenvalue weighted by Crippen LogP contribution is -2.03. The van der Waals surface area contributed by atoms with Gasteiger partial charge in [-0.15, -0.1) is 0 Å². The number of hydrogen-bond acceptors (Lipinski definition) is 1. The van der Waals surface area contributed by atoms with Gasteiger partial charge in [-0.05, 0) is 55.9 Å². The van der Waals surface area contributed by atoms with Crippen molar-refractivity contribution in [1.82, 2.24) is 0 Å². The van der Waals surface area contributed by atoms with E-state index in [0.29, 0.717) is 5.92 Å². The van der Waals surface area contributed by atoms with Crippen molar-refractivity contribution < 1.29 is 4.74 Å². The van der Waals surface area contributed by atoms with Crippen molar-refractivity contribution in [2.75, 3.05) is 11.9 Å². The fourth-order valence-corrected chi connectivity index (χ4v) is 2.78. The van der Waals surface area contributed by atoms with Gasteiger partial charge in [-0.2, -0.15) is 0 Å². The van der Waals surface area contributed by atoms with Crippen LogP contribution >= 0.6 is 15.9 Å². The molecule has 1 aromatic carbocycles. The molecular formula is C14H21BrO. The monoisotopic (exact) mass is 284 g/mol. The van der Waals surface area contributed by atoms with Gasteiger partial charge in [-0.3, -0.25) is 0 Å². The van der Waals surface area contributed by atoms with Crippen molar-refractivity contribution in [3.63, 3.8) is 0 Å². The molecule has 1 atom stereocenters. The summed E-state index contributed by atoms with van der Waals surface area (Å²) in [6, 6.07) is 4.44. The van der Waals surface area contributed by atoms with Crippen LogP contribution in [-0.4, -0.2) is 11.9 Å². The minimum absolute atomic E-state index is 0.606. The maximum atomic E-state index is 5.61. The summed E-state index contributed by atoms with van der Waals surface area (Å²) < 4.78 is 5.61. The van der Waals surface area contributed by atoms with Crippen molar-refractivity contribution in [3.05, 3.63) is 28.8 Å². The molecule has 1 nitrogen and oxygen atoms in total. The number of ether oxygens (including phenoxy) is 1. The van der Waals surface area contributed by atoms with Crippen molar-refractivity contribution in [2.24, 2.45) is 0 Å². The van der Waals surface area contributed by atoms with E-state index in [1.54, 1.807) is 0 Å². The van der Waals surface area contributed by atoms with E-state index < -0.39 is 0 Å². The van der Waals surface area contributed by atoms with Crippen LogP contribution in [0.3, 0.4) is 0 Å². The second kappa shape index (κ2) is 6.29. The predicted molar refractivity (Wildman–Crippen MR) is 73.9 cm³/mol. The summed E-state index contributed by atoms with van der Waals surface area (Å²) in [6.07, 6.45) is 1.17. The molecule has 1 rings (SSSR count). The molecule has 0 aliphatic heterocycles. The van der Waals surface area contributed by atoms with Gasteiger partial charge in [-0.1, -0.05) is 28.9 Å². The molecule has 90 valence electrons. The quantitative estimate of drug-likeness (QED) is 0.719. The number of rotatable bonds is 5. The van der Waals surface area contributed by atoms with Crippen LogP contribution in [0.25, 0.3) is 0 Å². The Balaban J connectivity index is 3.08. The zero-order valence-electron chi connectivity index (χ0n) is 10.6. The van der Waals surface area contributed by atoms with Crippen LogP contribution in [0.15, 0.2) is 12.1 Å². The Kier molecular flexibility index (Phi) is 5.33. The SMILES string of the molecule is CCOc1cc(C)c(C(CC)CBr)cc1C. The molecular weight excluding hydrogens is 264 g/mol. The molecule has 0 heterocycles. The van der Waals surface area contributed by atoms with Crippen LogP contribution in [0.1, 0.15) is 42.9 Å². The zero-order valence-corrected chi connectivity index (χ0v) is 12.2. The van der Waals surface area contributed by atoms with Crippen LogP contribution in [0, 0.1) is 13.8 Å². The van der Waals surface area contributed by atoms with E-state index in [1.165, 1.54) is 23.1 Å². The molecule has 0 amide bonds. The Morgan fingerprint density at radius 1 is 1.19 bits per heavy atom. The summed E-state index contributed by atoms with van der Waals surface area (Å²) in [6.45, 7) is 9.28. The molecule has 0 N–H and O–H groups in total. The molecule has 0 saturated carbocycles. The molecule has 0 fully saturated rings. The molecule has 1 aromatic rings. The third kappa shape index (κ3) is 3.00. The molecule has 0 aliphatic rings. The van der Waals surface area contributed by atoms with Gasteiger partial charge >= 0.3 is 0 Å². The summed E-state index contributed by atoms with van der Waals surface area (Å²) in [7, 11) is 0. The van der Waals surface area contributed by atoms with E-state index in [0.717, 1.165) is 17.7 Å². The van der Waals surface area contributed by atoms with Gasteiger partial charge in [0, 0.05) is 5.33 Å². The summed E-state index contributed by atoms with van der Waals surface area (Å²) in [4.78, 5) is 0. The molecule has 2 heteroatoms. The molecule has 0 aromatic heterocycles. The Morgan fingerprint density at radius 3 is 2.38 bits per heavy atom. The zero-order chi connectivity index (χ0) is 12.1. The van der Waals surface area contributed by atoms with Crippen molar-refractivity contribution in [3.8, 4) is 5.75 Å². The Hall–Kier alpha value is -0.500. The minimum Gasteiger partial charge on any atom is -0.494 e. The topological polar surface area (TPSA) is 9.23 Å². The highest BCUT2D eigenvalue weighted by Crippen LogP contribution is 2.30. The highest BCUT2D eigenvalue weighted by atomic mass is 79.9. The lowest BCUT2D eigenvalue weighted by molar-refractivity contribution is 0.337. The molecule has 16 heavy (non-hydrogen) atoms. The Morgan fingerprint density at radius 2 is 1.88 bits per heavy atom. The average Bonchev–Trinajstić information content (AvgIpc) is 2.26. The predicted octanol–water partition coefficient (Wildman–Crippen LogP) is 4.59. The van der Waals surface area contributed by atoms with Gasteiger partial charge in [0.15, 0.2) is 0 Å². The third-order valence-electron chi connectivity index (χ3n) is 2.98. The standard InChI is InChI=1S/C14H21BrO/c1-5-12(9-15)13-7-11(4)14(16-6-2)8-10(13)3/h7-8,12H,5-6,9H2,1-4H3. The first-order valence-electron chi connectivity index (χ1n) is 5.93. The van der Waals surface area contributed by atoms with Crippen LogP contribution in [-0.2, 0) is 0 Å². The molecule has 1 unspecified atom stereocenters. The fraction of sp³-hybridized carbons (Fsp3) is 0.571. The maximum Gasteiger partial charge on any atom is 0.122 e. The first kappa shape index (κ1) is 13.6. The second-order valence-corrected chi connectivity index (χ2v) is 4.81. The maximum absolute atomic E-state index is 5.61. The Labute approximate surface area is 107 Å². The van der Waals surface area contributed by atoms with E-state index in [2.05, 4.69) is 48.8 Å². The van der Waals surface area contributed by atoms with E-state index in [-0.39, 0.29) is 0 Å². The van der Waals surface area contributed by atoms with Crippen LogP contribution in [0.5, 0.6) is 5.75 Å². The second-order valence-electron chi connectivity index (χ2n) is 4.17. The van der Waals surface area contributed by atoms with Crippen molar-refractivity contribution >= 4 is 15.9 Å². The average molecular weight is 285 g/mol. The smallest absolute Gasteiger partial charge is 0.122 e. The summed E-state index contributed by atoms with van der Waals surface area (Å²) in [5.74, 6) is 1.63. The Bertz CT molecular complexity index is 343. The van der Waals surface area contributed by atoms with E-state index in [1.807, 2.05) is 6.92 Å². The summed E-state index contributed by atoms with van der Waals surface area (Å²) in [5.41, 5.74) is 4.02. The van der Waals surface area contributed by atoms with Gasteiger partial charge in [0.05, 0.1) is 6.61 Å². The normalized spacial score (nSPS) is 12.6. The van der Waals surface area contributed by atoms with E-state index in [9.17, 15) is 0 Å². The number of halogens is 1. The number of hydrogen-bond donors (Lipinski definition) is 0. The lowest BCUT2D eigenvalue weighted by atomic mass is 9.92. The first-order chi connectivity index (χ1) is 7.63. The number of alkyl halides is 1. The number of aryl methyl sites for hydroxylation is 2. The largest absolute Gasteiger partial charge is 0.494 e. The van der Waals surface area contributed by atoms with E-state index in [4.69, 9.17) is 4.74 Å². The van der Waals surface area contributed by atoms with Gasteiger partial charge < -0.3 is 4.74 Å². The molecule has 0 spiro atoms. The highest BCUT2D eigenvalue weighted by molar-refractivity contribution is 9.09. The van der Waals surface area contributed by atoms with Crippen molar-refractivity contribution in [1.29, 1.82) is 0 Å². The fourth-order valence-electron chi connectivity index (χ4n) is 1.98. The van der Waals surface area contributed by atoms with Crippen LogP contribution in [0.2, 0.25) is 0 Å². The van der Waals surface area contributed by atoms with Crippen LogP contribution < -0.4 is 4.74 Å². The van der Waals surface area contributed by atoms with E-state index >= 15 is 0 Å². The van der Waals surface area contributed by atoms with Gasteiger partial charge in [0.25, 0.3) is 0 Å². The van der Waals surface area contributed by atoms with Crippen LogP contribution in [0.4, 0.5) is 0 Å². The minimum atomic E-state index is 0.606. The van der Waals surface area contributed by atoms with Gasteiger partial charge in [0.2, 0.25) is 0 Å². The first-order valence-corrected chi connectivity index (χ1v) is 7.06. The van der Waals surface area contributed by atoms with Gasteiger partial charge in [0.1, 0.15) is 5.75 Å². The molecule has 0 radical (unpaired) electrons. The van der Waals surface area contributed by atoms with Gasteiger partial charge in [-0.25, -0.2) is 0 Å². The lowest BCUT2D eigenvalue weighted by Gasteiger charge is -2.18. The highest BCUT2D eigenvalue weighted by Gasteiger charge is 2.13. The summed E-state index contributed by atoms with van der Waals surface area (Å²) in [5, 5.41) is 1.03. The molecule has 0 saturated heterocycles. The third-order valence-corrected chi connectivity index (χ3v) is 3.76.